The van der Waals surface area contributed by atoms with Gasteiger partial charge in [-0.25, -0.2) is 4.79 Å². The number of carbonyl (C=O) groups excluding carboxylic acids is 1. The van der Waals surface area contributed by atoms with Gasteiger partial charge >= 0.3 is 6.09 Å². The van der Waals surface area contributed by atoms with Gasteiger partial charge in [-0.15, -0.1) is 11.3 Å². The largest absolute Gasteiger partial charge is 0.444 e. The van der Waals surface area contributed by atoms with E-state index in [1.807, 2.05) is 26.8 Å². The van der Waals surface area contributed by atoms with Gasteiger partial charge in [0.05, 0.1) is 6.54 Å². The summed E-state index contributed by atoms with van der Waals surface area (Å²) >= 11 is 1.71. The number of carbonyl (C=O) groups is 1. The first-order valence-electron chi connectivity index (χ1n) is 8.12. The van der Waals surface area contributed by atoms with Crippen LogP contribution in [0.2, 0.25) is 0 Å². The lowest BCUT2D eigenvalue weighted by Gasteiger charge is -2.26. The molecule has 24 heavy (non-hydrogen) atoms. The van der Waals surface area contributed by atoms with E-state index in [-0.39, 0.29) is 12.0 Å². The van der Waals surface area contributed by atoms with E-state index in [0.717, 1.165) is 19.0 Å². The molecule has 0 aromatic carbocycles. The lowest BCUT2D eigenvalue weighted by Crippen LogP contribution is -2.42. The summed E-state index contributed by atoms with van der Waals surface area (Å²) < 4.78 is 5.36. The Morgan fingerprint density at radius 3 is 2.67 bits per heavy atom. The number of nitrogens with one attached hydrogen (secondary N) is 2. The number of nitrogens with zero attached hydrogens (tertiary/aromatic N) is 2. The number of aliphatic imine (C=N–C) groups is 1. The smallest absolute Gasteiger partial charge is 0.410 e. The van der Waals surface area contributed by atoms with Gasteiger partial charge in [0.25, 0.3) is 0 Å². The van der Waals surface area contributed by atoms with Crippen LogP contribution in [-0.2, 0) is 11.3 Å². The normalized spacial score (nSPS) is 13.3. The zero-order chi connectivity index (χ0) is 18.2. The Balaban J connectivity index is 2.32. The van der Waals surface area contributed by atoms with Crippen molar-refractivity contribution in [3.8, 4) is 0 Å². The van der Waals surface area contributed by atoms with E-state index in [0.29, 0.717) is 6.54 Å². The highest BCUT2D eigenvalue weighted by Gasteiger charge is 2.20. The summed E-state index contributed by atoms with van der Waals surface area (Å²) in [6.07, 6.45) is -0.297. The van der Waals surface area contributed by atoms with E-state index >= 15 is 0 Å². The van der Waals surface area contributed by atoms with Crippen molar-refractivity contribution in [2.45, 2.75) is 39.8 Å². The molecule has 0 saturated carbocycles. The van der Waals surface area contributed by atoms with Crippen LogP contribution in [0.4, 0.5) is 4.79 Å². The van der Waals surface area contributed by atoms with Crippen molar-refractivity contribution in [3.63, 3.8) is 0 Å². The molecule has 0 aliphatic carbocycles. The molecular formula is C17H30N4O2S. The van der Waals surface area contributed by atoms with E-state index in [2.05, 4.69) is 34.0 Å². The third kappa shape index (κ3) is 8.19. The van der Waals surface area contributed by atoms with Crippen LogP contribution < -0.4 is 10.6 Å². The fourth-order valence-corrected chi connectivity index (χ4v) is 2.67. The number of guanidine groups is 1. The number of rotatable bonds is 6. The minimum absolute atomic E-state index is 0.266. The molecule has 0 radical (unpaired) electrons. The highest BCUT2D eigenvalue weighted by Crippen LogP contribution is 2.10. The van der Waals surface area contributed by atoms with Crippen LogP contribution in [0, 0.1) is 5.92 Å². The summed E-state index contributed by atoms with van der Waals surface area (Å²) in [7, 11) is 3.51. The Kier molecular flexibility index (Phi) is 8.04. The van der Waals surface area contributed by atoms with Gasteiger partial charge in [-0.3, -0.25) is 4.99 Å². The first-order valence-corrected chi connectivity index (χ1v) is 9.00. The fourth-order valence-electron chi connectivity index (χ4n) is 2.02. The molecule has 136 valence electrons. The predicted molar refractivity (Wildman–Crippen MR) is 101 cm³/mol. The first-order chi connectivity index (χ1) is 11.2. The quantitative estimate of drug-likeness (QED) is 0.609. The molecule has 1 atom stereocenters. The SMILES string of the molecule is CN=C(NCc1cccs1)NCC(C)CN(C)C(=O)OC(C)(C)C. The van der Waals surface area contributed by atoms with Crippen molar-refractivity contribution in [1.82, 2.24) is 15.5 Å². The summed E-state index contributed by atoms with van der Waals surface area (Å²) in [4.78, 5) is 19.1. The first kappa shape index (κ1) is 20.3. The lowest BCUT2D eigenvalue weighted by molar-refractivity contribution is 0.0278. The molecule has 2 N–H and O–H groups in total. The van der Waals surface area contributed by atoms with Crippen LogP contribution in [0.3, 0.4) is 0 Å². The second-order valence-electron chi connectivity index (χ2n) is 6.85. The molecule has 0 aliphatic heterocycles. The maximum absolute atomic E-state index is 12.0. The van der Waals surface area contributed by atoms with Crippen molar-refractivity contribution in [1.29, 1.82) is 0 Å². The van der Waals surface area contributed by atoms with Crippen LogP contribution >= 0.6 is 11.3 Å². The van der Waals surface area contributed by atoms with Crippen LogP contribution in [-0.4, -0.2) is 49.7 Å². The number of amides is 1. The Bertz CT molecular complexity index is 523. The van der Waals surface area contributed by atoms with E-state index in [1.165, 1.54) is 4.88 Å². The lowest BCUT2D eigenvalue weighted by atomic mass is 10.1. The molecule has 0 bridgehead atoms. The number of thiophene rings is 1. The zero-order valence-electron chi connectivity index (χ0n) is 15.5. The van der Waals surface area contributed by atoms with Crippen molar-refractivity contribution in [2.24, 2.45) is 10.9 Å². The highest BCUT2D eigenvalue weighted by atomic mass is 32.1. The van der Waals surface area contributed by atoms with Crippen molar-refractivity contribution in [2.75, 3.05) is 27.2 Å². The second kappa shape index (κ2) is 9.52. The molecule has 1 aromatic rings. The average Bonchev–Trinajstić information content (AvgIpc) is 2.98. The summed E-state index contributed by atoms with van der Waals surface area (Å²) in [5, 5.41) is 8.62. The van der Waals surface area contributed by atoms with Crippen LogP contribution in [0.15, 0.2) is 22.5 Å². The Hall–Kier alpha value is -1.76. The van der Waals surface area contributed by atoms with Crippen LogP contribution in [0.1, 0.15) is 32.6 Å². The summed E-state index contributed by atoms with van der Waals surface area (Å²) in [5.74, 6) is 1.03. The standard InChI is InChI=1S/C17H30N4O2S/c1-13(12-21(6)16(22)23-17(2,3)4)10-19-15(18-5)20-11-14-8-7-9-24-14/h7-9,13H,10-12H2,1-6H3,(H2,18,19,20). The number of ether oxygens (including phenoxy) is 1. The number of hydrogen-bond donors (Lipinski definition) is 2. The third-order valence-electron chi connectivity index (χ3n) is 3.14. The van der Waals surface area contributed by atoms with Gasteiger partial charge < -0.3 is 20.3 Å². The van der Waals surface area contributed by atoms with E-state index in [9.17, 15) is 4.79 Å². The molecule has 1 unspecified atom stereocenters. The molecule has 1 amide bonds. The molecule has 0 saturated heterocycles. The fraction of sp³-hybridized carbons (Fsp3) is 0.647. The molecule has 0 spiro atoms. The monoisotopic (exact) mass is 354 g/mol. The van der Waals surface area contributed by atoms with Gasteiger partial charge in [0.2, 0.25) is 0 Å². The summed E-state index contributed by atoms with van der Waals surface area (Å²) in [6.45, 7) is 9.78. The molecule has 1 aromatic heterocycles. The predicted octanol–water partition coefficient (Wildman–Crippen LogP) is 2.92. The van der Waals surface area contributed by atoms with Crippen molar-refractivity contribution in [3.05, 3.63) is 22.4 Å². The maximum Gasteiger partial charge on any atom is 0.410 e. The summed E-state index contributed by atoms with van der Waals surface area (Å²) in [6, 6.07) is 4.12. The maximum atomic E-state index is 12.0. The van der Waals surface area contributed by atoms with E-state index < -0.39 is 5.60 Å². The minimum Gasteiger partial charge on any atom is -0.444 e. The third-order valence-corrected chi connectivity index (χ3v) is 4.02. The minimum atomic E-state index is -0.472. The highest BCUT2D eigenvalue weighted by molar-refractivity contribution is 7.09. The van der Waals surface area contributed by atoms with Gasteiger partial charge in [-0.1, -0.05) is 13.0 Å². The van der Waals surface area contributed by atoms with Crippen LogP contribution in [0.5, 0.6) is 0 Å². The molecule has 1 rings (SSSR count). The zero-order valence-corrected chi connectivity index (χ0v) is 16.4. The number of hydrogen-bond acceptors (Lipinski definition) is 4. The van der Waals surface area contributed by atoms with Gasteiger partial charge in [0.15, 0.2) is 5.96 Å². The Labute approximate surface area is 149 Å². The van der Waals surface area contributed by atoms with E-state index in [1.54, 1.807) is 30.3 Å². The van der Waals surface area contributed by atoms with Gasteiger partial charge in [0, 0.05) is 32.1 Å². The second-order valence-corrected chi connectivity index (χ2v) is 7.88. The molecule has 0 aliphatic rings. The topological polar surface area (TPSA) is 66.0 Å². The van der Waals surface area contributed by atoms with Crippen molar-refractivity contribution >= 4 is 23.4 Å². The van der Waals surface area contributed by atoms with Gasteiger partial charge in [-0.05, 0) is 38.1 Å². The Morgan fingerprint density at radius 2 is 2.12 bits per heavy atom. The van der Waals surface area contributed by atoms with Gasteiger partial charge in [0.1, 0.15) is 5.60 Å². The molecular weight excluding hydrogens is 324 g/mol. The van der Waals surface area contributed by atoms with E-state index in [4.69, 9.17) is 4.74 Å². The van der Waals surface area contributed by atoms with Crippen molar-refractivity contribution < 1.29 is 9.53 Å². The Morgan fingerprint density at radius 1 is 1.42 bits per heavy atom. The summed E-state index contributed by atoms with van der Waals surface area (Å²) in [5.41, 5.74) is -0.472. The molecule has 7 heteroatoms. The molecule has 1 heterocycles. The van der Waals surface area contributed by atoms with Crippen LogP contribution in [0.25, 0.3) is 0 Å². The molecule has 0 fully saturated rings. The van der Waals surface area contributed by atoms with Gasteiger partial charge in [-0.2, -0.15) is 0 Å². The molecule has 6 nitrogen and oxygen atoms in total. The average molecular weight is 355 g/mol.